The Labute approximate surface area is 199 Å². The summed E-state index contributed by atoms with van der Waals surface area (Å²) in [5.41, 5.74) is 7.18. The molecule has 1 unspecified atom stereocenters. The molecule has 2 aromatic carbocycles. The highest BCUT2D eigenvalue weighted by Crippen LogP contribution is 2.24. The number of anilines is 3. The van der Waals surface area contributed by atoms with Gasteiger partial charge in [0.2, 0.25) is 11.9 Å². The van der Waals surface area contributed by atoms with Gasteiger partial charge in [-0.15, -0.1) is 0 Å². The molecule has 0 aliphatic rings. The topological polar surface area (TPSA) is 121 Å². The van der Waals surface area contributed by atoms with Crippen LogP contribution in [0, 0.1) is 0 Å². The van der Waals surface area contributed by atoms with Gasteiger partial charge >= 0.3 is 0 Å². The third-order valence-corrected chi connectivity index (χ3v) is 5.95. The minimum Gasteiger partial charge on any atom is -0.383 e. The molecule has 9 nitrogen and oxygen atoms in total. The van der Waals surface area contributed by atoms with Crippen LogP contribution >= 0.6 is 23.4 Å². The van der Waals surface area contributed by atoms with Crippen molar-refractivity contribution in [3.63, 3.8) is 0 Å². The molecule has 0 bridgehead atoms. The lowest BCUT2D eigenvalue weighted by Gasteiger charge is -2.18. The molecule has 0 saturated heterocycles. The van der Waals surface area contributed by atoms with Crippen LogP contribution in [0.5, 0.6) is 0 Å². The van der Waals surface area contributed by atoms with Crippen LogP contribution < -0.4 is 16.6 Å². The number of fused-ring (bicyclic) bond motifs is 1. The Hall–Kier alpha value is -3.21. The number of halogens is 1. The molecule has 11 heteroatoms. The normalized spacial score (nSPS) is 12.1. The van der Waals surface area contributed by atoms with Gasteiger partial charge in [-0.05, 0) is 43.3 Å². The summed E-state index contributed by atoms with van der Waals surface area (Å²) >= 11 is 7.29. The van der Waals surface area contributed by atoms with Gasteiger partial charge in [0.25, 0.3) is 5.56 Å². The van der Waals surface area contributed by atoms with Gasteiger partial charge in [0.1, 0.15) is 5.82 Å². The molecule has 4 aromatic rings. The summed E-state index contributed by atoms with van der Waals surface area (Å²) in [5, 5.41) is 4.83. The van der Waals surface area contributed by atoms with Crippen LogP contribution in [0.15, 0.2) is 58.5 Å². The number of nitrogen functional groups attached to an aromatic ring is 1. The molecular weight excluding hydrogens is 462 g/mol. The van der Waals surface area contributed by atoms with Crippen molar-refractivity contribution in [2.75, 3.05) is 24.8 Å². The Morgan fingerprint density at radius 1 is 1.12 bits per heavy atom. The number of aromatic nitrogens is 5. The van der Waals surface area contributed by atoms with Crippen LogP contribution in [0.2, 0.25) is 5.02 Å². The monoisotopic (exact) mass is 483 g/mol. The van der Waals surface area contributed by atoms with Gasteiger partial charge in [0.05, 0.1) is 29.3 Å². The average molecular weight is 484 g/mol. The first kappa shape index (κ1) is 23.0. The van der Waals surface area contributed by atoms with E-state index in [4.69, 9.17) is 27.1 Å². The molecule has 33 heavy (non-hydrogen) atoms. The van der Waals surface area contributed by atoms with Gasteiger partial charge < -0.3 is 15.8 Å². The number of nitrogens with two attached hydrogens (primary N) is 1. The molecule has 0 amide bonds. The van der Waals surface area contributed by atoms with E-state index in [-0.39, 0.29) is 17.5 Å². The summed E-state index contributed by atoms with van der Waals surface area (Å²) in [6.45, 7) is 2.29. The molecule has 0 spiro atoms. The van der Waals surface area contributed by atoms with E-state index >= 15 is 0 Å². The highest BCUT2D eigenvalue weighted by atomic mass is 35.5. The first-order valence-corrected chi connectivity index (χ1v) is 11.5. The lowest BCUT2D eigenvalue weighted by Crippen LogP contribution is -2.28. The van der Waals surface area contributed by atoms with Crippen molar-refractivity contribution in [1.29, 1.82) is 0 Å². The molecule has 0 saturated carbocycles. The van der Waals surface area contributed by atoms with Crippen LogP contribution in [-0.2, 0) is 10.5 Å². The Balaban J connectivity index is 1.62. The zero-order valence-corrected chi connectivity index (χ0v) is 19.6. The number of nitrogens with zero attached hydrogens (tertiary/aromatic N) is 5. The maximum absolute atomic E-state index is 13.2. The van der Waals surface area contributed by atoms with Crippen LogP contribution in [0.1, 0.15) is 18.8 Å². The van der Waals surface area contributed by atoms with Gasteiger partial charge in [0, 0.05) is 17.8 Å². The van der Waals surface area contributed by atoms with Gasteiger partial charge in [0.15, 0.2) is 5.16 Å². The predicted octanol–water partition coefficient (Wildman–Crippen LogP) is 4.06. The first-order chi connectivity index (χ1) is 15.9. The molecule has 2 heterocycles. The number of hydrogen-bond acceptors (Lipinski definition) is 9. The fourth-order valence-corrected chi connectivity index (χ4v) is 4.36. The largest absolute Gasteiger partial charge is 0.383 e. The lowest BCUT2D eigenvalue weighted by atomic mass is 10.2. The number of rotatable bonds is 8. The molecule has 0 radical (unpaired) electrons. The van der Waals surface area contributed by atoms with E-state index in [9.17, 15) is 4.79 Å². The molecular formula is C22H22ClN7O2S. The third-order valence-electron chi connectivity index (χ3n) is 4.75. The Bertz CT molecular complexity index is 1330. The average Bonchev–Trinajstić information content (AvgIpc) is 2.79. The van der Waals surface area contributed by atoms with Gasteiger partial charge in [-0.2, -0.15) is 15.0 Å². The highest BCUT2D eigenvalue weighted by molar-refractivity contribution is 7.98. The number of methoxy groups -OCH3 is 1. The van der Waals surface area contributed by atoms with Gasteiger partial charge in [-0.1, -0.05) is 35.5 Å². The summed E-state index contributed by atoms with van der Waals surface area (Å²) in [6.07, 6.45) is 0. The summed E-state index contributed by atoms with van der Waals surface area (Å²) in [4.78, 5) is 30.7. The Kier molecular flexibility index (Phi) is 7.07. The number of para-hydroxylation sites is 1. The van der Waals surface area contributed by atoms with Crippen molar-refractivity contribution in [2.24, 2.45) is 0 Å². The number of benzene rings is 2. The molecule has 0 aliphatic carbocycles. The quantitative estimate of drug-likeness (QED) is 0.282. The maximum Gasteiger partial charge on any atom is 0.262 e. The third kappa shape index (κ3) is 5.41. The molecule has 0 fully saturated rings. The second-order valence-corrected chi connectivity index (χ2v) is 8.62. The Morgan fingerprint density at radius 3 is 2.64 bits per heavy atom. The summed E-state index contributed by atoms with van der Waals surface area (Å²) in [6, 6.07) is 14.2. The lowest BCUT2D eigenvalue weighted by molar-refractivity contribution is 0.156. The number of nitrogens with one attached hydrogen (secondary N) is 1. The van der Waals surface area contributed by atoms with E-state index in [2.05, 4.69) is 20.3 Å². The van der Waals surface area contributed by atoms with Gasteiger partial charge in [-0.3, -0.25) is 9.36 Å². The van der Waals surface area contributed by atoms with Crippen molar-refractivity contribution >= 4 is 51.8 Å². The van der Waals surface area contributed by atoms with E-state index in [1.54, 1.807) is 29.9 Å². The van der Waals surface area contributed by atoms with E-state index in [0.29, 0.717) is 45.2 Å². The molecule has 0 aliphatic heterocycles. The van der Waals surface area contributed by atoms with Crippen LogP contribution in [0.4, 0.5) is 17.6 Å². The van der Waals surface area contributed by atoms with Crippen LogP contribution in [0.3, 0.4) is 0 Å². The number of thioether (sulfide) groups is 1. The van der Waals surface area contributed by atoms with Gasteiger partial charge in [-0.25, -0.2) is 4.98 Å². The van der Waals surface area contributed by atoms with E-state index in [1.807, 2.05) is 37.3 Å². The predicted molar refractivity (Wildman–Crippen MR) is 131 cm³/mol. The van der Waals surface area contributed by atoms with Crippen LogP contribution in [0.25, 0.3) is 10.9 Å². The standard InChI is InChI=1S/C22H22ClN7O2S/c1-13(11-32-2)30-19(31)16-5-3-4-6-17(16)26-22(30)33-12-18-27-20(24)29-21(28-18)25-15-9-7-14(23)8-10-15/h3-10,13H,11-12H2,1-2H3,(H3,24,25,27,28,29). The molecule has 2 aromatic heterocycles. The molecule has 3 N–H and O–H groups in total. The molecule has 4 rings (SSSR count). The number of ether oxygens (including phenoxy) is 1. The molecule has 170 valence electrons. The van der Waals surface area contributed by atoms with E-state index in [1.165, 1.54) is 11.8 Å². The fourth-order valence-electron chi connectivity index (χ4n) is 3.28. The zero-order valence-electron chi connectivity index (χ0n) is 18.0. The van der Waals surface area contributed by atoms with Crippen molar-refractivity contribution in [3.8, 4) is 0 Å². The number of hydrogen-bond donors (Lipinski definition) is 2. The molecule has 1 atom stereocenters. The smallest absolute Gasteiger partial charge is 0.262 e. The van der Waals surface area contributed by atoms with E-state index < -0.39 is 0 Å². The van der Waals surface area contributed by atoms with Crippen LogP contribution in [-0.4, -0.2) is 38.2 Å². The van der Waals surface area contributed by atoms with Crippen molar-refractivity contribution in [1.82, 2.24) is 24.5 Å². The first-order valence-electron chi connectivity index (χ1n) is 10.1. The van der Waals surface area contributed by atoms with Crippen molar-refractivity contribution < 1.29 is 4.74 Å². The second kappa shape index (κ2) is 10.2. The summed E-state index contributed by atoms with van der Waals surface area (Å²) in [5.74, 6) is 1.20. The SMILES string of the molecule is COCC(C)n1c(SCc2nc(N)nc(Nc3ccc(Cl)cc3)n2)nc2ccccc2c1=O. The maximum atomic E-state index is 13.2. The highest BCUT2D eigenvalue weighted by Gasteiger charge is 2.17. The summed E-state index contributed by atoms with van der Waals surface area (Å²) in [7, 11) is 1.60. The minimum absolute atomic E-state index is 0.0914. The Morgan fingerprint density at radius 2 is 1.88 bits per heavy atom. The minimum atomic E-state index is -0.201. The zero-order chi connectivity index (χ0) is 23.4. The van der Waals surface area contributed by atoms with E-state index in [0.717, 1.165) is 5.69 Å². The van der Waals surface area contributed by atoms with Crippen molar-refractivity contribution in [2.45, 2.75) is 23.9 Å². The fraction of sp³-hybridized carbons (Fsp3) is 0.227. The summed E-state index contributed by atoms with van der Waals surface area (Å²) < 4.78 is 6.92. The second-order valence-electron chi connectivity index (χ2n) is 7.25. The van der Waals surface area contributed by atoms with Crippen molar-refractivity contribution in [3.05, 3.63) is 69.7 Å².